The van der Waals surface area contributed by atoms with Crippen LogP contribution in [0.2, 0.25) is 0 Å². The third-order valence-corrected chi connectivity index (χ3v) is 6.29. The summed E-state index contributed by atoms with van der Waals surface area (Å²) in [5, 5.41) is 3.07. The number of carbonyl (C=O) groups is 1. The predicted octanol–water partition coefficient (Wildman–Crippen LogP) is 3.42. The molecule has 0 radical (unpaired) electrons. The zero-order chi connectivity index (χ0) is 19.2. The second kappa shape index (κ2) is 9.40. The summed E-state index contributed by atoms with van der Waals surface area (Å²) in [5.41, 5.74) is 2.76. The van der Waals surface area contributed by atoms with Gasteiger partial charge in [0.2, 0.25) is 15.9 Å². The van der Waals surface area contributed by atoms with Crippen molar-refractivity contribution in [2.75, 3.05) is 17.1 Å². The van der Waals surface area contributed by atoms with E-state index in [0.717, 1.165) is 55.3 Å². The first-order valence-corrected chi connectivity index (χ1v) is 11.6. The second-order valence-electron chi connectivity index (χ2n) is 7.12. The molecule has 0 saturated heterocycles. The minimum absolute atomic E-state index is 0.0578. The van der Waals surface area contributed by atoms with Gasteiger partial charge in [0.15, 0.2) is 0 Å². The maximum atomic E-state index is 12.5. The molecule has 1 amide bonds. The van der Waals surface area contributed by atoms with Crippen LogP contribution in [0.4, 0.5) is 5.69 Å². The van der Waals surface area contributed by atoms with Crippen LogP contribution in [0.15, 0.2) is 18.2 Å². The molecule has 1 fully saturated rings. The van der Waals surface area contributed by atoms with Crippen LogP contribution in [0.25, 0.3) is 0 Å². The molecular formula is C20H32N2O3S. The average molecular weight is 381 g/mol. The number of carbonyl (C=O) groups excluding carboxylic acids is 1. The van der Waals surface area contributed by atoms with E-state index in [1.54, 1.807) is 0 Å². The van der Waals surface area contributed by atoms with Crippen molar-refractivity contribution in [3.05, 3.63) is 29.3 Å². The van der Waals surface area contributed by atoms with Gasteiger partial charge in [0.25, 0.3) is 0 Å². The lowest BCUT2D eigenvalue weighted by atomic mass is 9.95. The fourth-order valence-electron chi connectivity index (χ4n) is 3.73. The minimum atomic E-state index is -3.46. The monoisotopic (exact) mass is 380 g/mol. The van der Waals surface area contributed by atoms with Gasteiger partial charge in [-0.05, 0) is 36.8 Å². The molecule has 6 heteroatoms. The third kappa shape index (κ3) is 5.47. The highest BCUT2D eigenvalue weighted by Gasteiger charge is 2.24. The zero-order valence-corrected chi connectivity index (χ0v) is 17.1. The zero-order valence-electron chi connectivity index (χ0n) is 16.3. The molecule has 1 aromatic carbocycles. The number of benzene rings is 1. The van der Waals surface area contributed by atoms with Gasteiger partial charge in [0.1, 0.15) is 0 Å². The van der Waals surface area contributed by atoms with E-state index in [2.05, 4.69) is 5.32 Å². The van der Waals surface area contributed by atoms with Gasteiger partial charge in [0.05, 0.1) is 11.9 Å². The maximum absolute atomic E-state index is 12.5. The number of rotatable bonds is 8. The smallest absolute Gasteiger partial charge is 0.232 e. The number of hydrogen-bond donors (Lipinski definition) is 1. The van der Waals surface area contributed by atoms with E-state index >= 15 is 0 Å². The molecule has 1 N–H and O–H groups in total. The van der Waals surface area contributed by atoms with Gasteiger partial charge < -0.3 is 5.32 Å². The van der Waals surface area contributed by atoms with Crippen LogP contribution in [0.1, 0.15) is 63.5 Å². The highest BCUT2D eigenvalue weighted by molar-refractivity contribution is 7.92. The lowest BCUT2D eigenvalue weighted by Gasteiger charge is -2.28. The Balaban J connectivity index is 2.15. The Morgan fingerprint density at radius 3 is 2.19 bits per heavy atom. The minimum Gasteiger partial charge on any atom is -0.353 e. The van der Waals surface area contributed by atoms with E-state index in [4.69, 9.17) is 0 Å². The van der Waals surface area contributed by atoms with Gasteiger partial charge in [-0.2, -0.15) is 0 Å². The highest BCUT2D eigenvalue weighted by Crippen LogP contribution is 2.29. The molecule has 26 heavy (non-hydrogen) atoms. The summed E-state index contributed by atoms with van der Waals surface area (Å²) in [6.07, 6.45) is 8.52. The Kier molecular flexibility index (Phi) is 7.50. The molecule has 0 unspecified atom stereocenters. The van der Waals surface area contributed by atoms with Crippen LogP contribution in [0.3, 0.4) is 0 Å². The Morgan fingerprint density at radius 2 is 1.69 bits per heavy atom. The van der Waals surface area contributed by atoms with E-state index in [0.29, 0.717) is 0 Å². The molecule has 1 aliphatic carbocycles. The molecule has 0 atom stereocenters. The summed E-state index contributed by atoms with van der Waals surface area (Å²) < 4.78 is 26.4. The summed E-state index contributed by atoms with van der Waals surface area (Å²) in [6, 6.07) is 6.15. The molecule has 1 aliphatic rings. The summed E-state index contributed by atoms with van der Waals surface area (Å²) in [4.78, 5) is 12.4. The summed E-state index contributed by atoms with van der Waals surface area (Å²) in [6.45, 7) is 4.23. The molecule has 2 rings (SSSR count). The largest absolute Gasteiger partial charge is 0.353 e. The first kappa shape index (κ1) is 20.7. The lowest BCUT2D eigenvalue weighted by Crippen LogP contribution is -2.39. The van der Waals surface area contributed by atoms with Crippen LogP contribution >= 0.6 is 0 Å². The molecule has 1 saturated carbocycles. The Labute approximate surface area is 158 Å². The van der Waals surface area contributed by atoms with Gasteiger partial charge in [0, 0.05) is 19.0 Å². The SMILES string of the molecule is CCc1cccc(CC)c1N(CCC(=O)NC1CCCCC1)S(C)(=O)=O. The third-order valence-electron chi connectivity index (χ3n) is 5.13. The van der Waals surface area contributed by atoms with Crippen molar-refractivity contribution >= 4 is 21.6 Å². The molecular weight excluding hydrogens is 348 g/mol. The number of nitrogens with zero attached hydrogens (tertiary/aromatic N) is 1. The van der Waals surface area contributed by atoms with Crippen LogP contribution in [0, 0.1) is 0 Å². The van der Waals surface area contributed by atoms with Gasteiger partial charge in [-0.1, -0.05) is 51.3 Å². The van der Waals surface area contributed by atoms with Gasteiger partial charge in [-0.15, -0.1) is 0 Å². The number of sulfonamides is 1. The molecule has 5 nitrogen and oxygen atoms in total. The first-order valence-electron chi connectivity index (χ1n) is 9.74. The number of para-hydroxylation sites is 1. The predicted molar refractivity (Wildman–Crippen MR) is 107 cm³/mol. The Hall–Kier alpha value is -1.56. The topological polar surface area (TPSA) is 66.5 Å². The van der Waals surface area contributed by atoms with Gasteiger partial charge in [-0.3, -0.25) is 9.10 Å². The van der Waals surface area contributed by atoms with Crippen molar-refractivity contribution in [1.82, 2.24) is 5.32 Å². The molecule has 146 valence electrons. The molecule has 0 aliphatic heterocycles. The number of aryl methyl sites for hydroxylation is 2. The number of anilines is 1. The van der Waals surface area contributed by atoms with Gasteiger partial charge in [-0.25, -0.2) is 8.42 Å². The molecule has 0 bridgehead atoms. The van der Waals surface area contributed by atoms with E-state index in [-0.39, 0.29) is 24.9 Å². The van der Waals surface area contributed by atoms with E-state index in [1.165, 1.54) is 17.0 Å². The van der Waals surface area contributed by atoms with Gasteiger partial charge >= 0.3 is 0 Å². The fourth-order valence-corrected chi connectivity index (χ4v) is 4.72. The van der Waals surface area contributed by atoms with Crippen molar-refractivity contribution in [2.45, 2.75) is 71.3 Å². The number of nitrogens with one attached hydrogen (secondary N) is 1. The van der Waals surface area contributed by atoms with Crippen molar-refractivity contribution < 1.29 is 13.2 Å². The summed E-state index contributed by atoms with van der Waals surface area (Å²) in [5.74, 6) is -0.0578. The van der Waals surface area contributed by atoms with Crippen LogP contribution in [0.5, 0.6) is 0 Å². The molecule has 0 aromatic heterocycles. The quantitative estimate of drug-likeness (QED) is 0.751. The molecule has 1 aromatic rings. The average Bonchev–Trinajstić information content (AvgIpc) is 2.61. The van der Waals surface area contributed by atoms with Crippen LogP contribution in [-0.4, -0.2) is 33.2 Å². The van der Waals surface area contributed by atoms with Crippen molar-refractivity contribution in [3.8, 4) is 0 Å². The normalized spacial score (nSPS) is 15.7. The van der Waals surface area contributed by atoms with Crippen molar-refractivity contribution in [3.63, 3.8) is 0 Å². The fraction of sp³-hybridized carbons (Fsp3) is 0.650. The summed E-state index contributed by atoms with van der Waals surface area (Å²) in [7, 11) is -3.46. The Morgan fingerprint density at radius 1 is 1.12 bits per heavy atom. The lowest BCUT2D eigenvalue weighted by molar-refractivity contribution is -0.121. The standard InChI is InChI=1S/C20H32N2O3S/c1-4-16-10-9-11-17(5-2)20(16)22(26(3,24)25)15-14-19(23)21-18-12-7-6-8-13-18/h9-11,18H,4-8,12-15H2,1-3H3,(H,21,23). The van der Waals surface area contributed by atoms with E-state index in [9.17, 15) is 13.2 Å². The maximum Gasteiger partial charge on any atom is 0.232 e. The number of amides is 1. The second-order valence-corrected chi connectivity index (χ2v) is 9.03. The van der Waals surface area contributed by atoms with Crippen LogP contribution < -0.4 is 9.62 Å². The van der Waals surface area contributed by atoms with Crippen LogP contribution in [-0.2, 0) is 27.7 Å². The summed E-state index contributed by atoms with van der Waals surface area (Å²) >= 11 is 0. The van der Waals surface area contributed by atoms with E-state index in [1.807, 2.05) is 32.0 Å². The molecule has 0 heterocycles. The molecule has 0 spiro atoms. The van der Waals surface area contributed by atoms with Crippen molar-refractivity contribution in [2.24, 2.45) is 0 Å². The Bertz CT molecular complexity index is 688. The number of hydrogen-bond acceptors (Lipinski definition) is 3. The highest BCUT2D eigenvalue weighted by atomic mass is 32.2. The first-order chi connectivity index (χ1) is 12.4. The van der Waals surface area contributed by atoms with E-state index < -0.39 is 10.0 Å². The van der Waals surface area contributed by atoms with Crippen molar-refractivity contribution in [1.29, 1.82) is 0 Å².